The van der Waals surface area contributed by atoms with Crippen LogP contribution in [0.15, 0.2) is 35.9 Å². The van der Waals surface area contributed by atoms with E-state index in [1.807, 2.05) is 43.0 Å². The van der Waals surface area contributed by atoms with Gasteiger partial charge in [-0.1, -0.05) is 38.8 Å². The van der Waals surface area contributed by atoms with Crippen LogP contribution in [0.4, 0.5) is 0 Å². The Morgan fingerprint density at radius 1 is 1.25 bits per heavy atom. The van der Waals surface area contributed by atoms with Gasteiger partial charge in [-0.05, 0) is 53.6 Å². The summed E-state index contributed by atoms with van der Waals surface area (Å²) in [6.07, 6.45) is 4.07. The van der Waals surface area contributed by atoms with E-state index >= 15 is 0 Å². The van der Waals surface area contributed by atoms with Gasteiger partial charge in [0.1, 0.15) is 18.0 Å². The Morgan fingerprint density at radius 2 is 1.94 bits per heavy atom. The van der Waals surface area contributed by atoms with Crippen molar-refractivity contribution in [2.24, 2.45) is 5.92 Å². The number of hydrogen-bond donors (Lipinski definition) is 3. The maximum Gasteiger partial charge on any atom is 0.247 e. The molecule has 3 atom stereocenters. The predicted octanol–water partition coefficient (Wildman–Crippen LogP) is 2.63. The molecule has 0 saturated heterocycles. The SMILES string of the molecule is CC(C)C(=O)N(C1CCCC1)C1CC(C(=O)NCCO)=CC(Oc2ccccc2I)C1O. The Balaban J connectivity index is 1.95. The van der Waals surface area contributed by atoms with E-state index < -0.39 is 18.2 Å². The van der Waals surface area contributed by atoms with Crippen LogP contribution in [0.2, 0.25) is 0 Å². The molecule has 0 aliphatic heterocycles. The van der Waals surface area contributed by atoms with E-state index in [4.69, 9.17) is 9.84 Å². The fraction of sp³-hybridized carbons (Fsp3) is 0.583. The fourth-order valence-electron chi connectivity index (χ4n) is 4.53. The highest BCUT2D eigenvalue weighted by atomic mass is 127. The van der Waals surface area contributed by atoms with Crippen molar-refractivity contribution >= 4 is 34.4 Å². The first kappa shape index (κ1) is 25.0. The number of benzene rings is 1. The number of nitrogens with one attached hydrogen (secondary N) is 1. The molecule has 1 saturated carbocycles. The molecular formula is C24H33IN2O5. The van der Waals surface area contributed by atoms with Gasteiger partial charge in [0.05, 0.1) is 16.2 Å². The Morgan fingerprint density at radius 3 is 2.56 bits per heavy atom. The second-order valence-electron chi connectivity index (χ2n) is 8.78. The molecule has 2 aliphatic carbocycles. The van der Waals surface area contributed by atoms with Gasteiger partial charge in [-0.25, -0.2) is 0 Å². The molecule has 32 heavy (non-hydrogen) atoms. The van der Waals surface area contributed by atoms with E-state index in [-0.39, 0.29) is 43.3 Å². The smallest absolute Gasteiger partial charge is 0.247 e. The Bertz CT molecular complexity index is 837. The highest BCUT2D eigenvalue weighted by Crippen LogP contribution is 2.34. The molecule has 1 aromatic carbocycles. The lowest BCUT2D eigenvalue weighted by atomic mass is 9.86. The molecule has 8 heteroatoms. The number of rotatable bonds is 8. The number of aliphatic hydroxyl groups excluding tert-OH is 2. The van der Waals surface area contributed by atoms with Crippen molar-refractivity contribution in [3.63, 3.8) is 0 Å². The second-order valence-corrected chi connectivity index (χ2v) is 9.95. The Kier molecular flexibility index (Phi) is 8.95. The number of hydrogen-bond acceptors (Lipinski definition) is 5. The van der Waals surface area contributed by atoms with Crippen LogP contribution in [-0.2, 0) is 9.59 Å². The molecule has 0 aromatic heterocycles. The molecule has 3 unspecified atom stereocenters. The molecule has 1 aromatic rings. The van der Waals surface area contributed by atoms with Gasteiger partial charge in [0.15, 0.2) is 0 Å². The van der Waals surface area contributed by atoms with Crippen LogP contribution in [0.25, 0.3) is 0 Å². The van der Waals surface area contributed by atoms with Gasteiger partial charge < -0.3 is 25.2 Å². The third kappa shape index (κ3) is 5.82. The quantitative estimate of drug-likeness (QED) is 0.428. The Hall–Kier alpha value is -1.65. The van der Waals surface area contributed by atoms with Gasteiger partial charge in [-0.3, -0.25) is 9.59 Å². The van der Waals surface area contributed by atoms with Crippen LogP contribution in [0.3, 0.4) is 0 Å². The van der Waals surface area contributed by atoms with Gasteiger partial charge in [-0.15, -0.1) is 0 Å². The molecule has 3 rings (SSSR count). The first-order valence-corrected chi connectivity index (χ1v) is 12.4. The summed E-state index contributed by atoms with van der Waals surface area (Å²) in [7, 11) is 0. The maximum absolute atomic E-state index is 13.3. The van der Waals surface area contributed by atoms with Crippen LogP contribution in [0.1, 0.15) is 46.0 Å². The molecule has 176 valence electrons. The van der Waals surface area contributed by atoms with Crippen molar-refractivity contribution < 1.29 is 24.5 Å². The number of carbonyl (C=O) groups excluding carboxylic acids is 2. The van der Waals surface area contributed by atoms with Crippen LogP contribution >= 0.6 is 22.6 Å². The van der Waals surface area contributed by atoms with Crippen molar-refractivity contribution in [3.8, 4) is 5.75 Å². The lowest BCUT2D eigenvalue weighted by Crippen LogP contribution is -2.58. The van der Waals surface area contributed by atoms with Crippen LogP contribution in [0, 0.1) is 9.49 Å². The van der Waals surface area contributed by atoms with Gasteiger partial charge in [0.25, 0.3) is 0 Å². The number of nitrogens with zero attached hydrogens (tertiary/aromatic N) is 1. The highest BCUT2D eigenvalue weighted by molar-refractivity contribution is 14.1. The molecule has 0 bridgehead atoms. The predicted molar refractivity (Wildman–Crippen MR) is 130 cm³/mol. The first-order valence-electron chi connectivity index (χ1n) is 11.3. The summed E-state index contributed by atoms with van der Waals surface area (Å²) >= 11 is 2.17. The average molecular weight is 556 g/mol. The molecule has 0 heterocycles. The van der Waals surface area contributed by atoms with Crippen molar-refractivity contribution in [1.29, 1.82) is 0 Å². The Labute approximate surface area is 203 Å². The summed E-state index contributed by atoms with van der Waals surface area (Å²) in [4.78, 5) is 27.9. The number of aliphatic hydroxyl groups is 2. The number of carbonyl (C=O) groups is 2. The minimum Gasteiger partial charge on any atom is -0.482 e. The van der Waals surface area contributed by atoms with E-state index in [9.17, 15) is 14.7 Å². The topological polar surface area (TPSA) is 99.1 Å². The largest absolute Gasteiger partial charge is 0.482 e. The van der Waals surface area contributed by atoms with Gasteiger partial charge in [0, 0.05) is 30.5 Å². The molecular weight excluding hydrogens is 523 g/mol. The number of halogens is 1. The molecule has 2 aliphatic rings. The van der Waals surface area contributed by atoms with Crippen LogP contribution < -0.4 is 10.1 Å². The number of ether oxygens (including phenoxy) is 1. The number of para-hydroxylation sites is 1. The van der Waals surface area contributed by atoms with E-state index in [0.29, 0.717) is 11.3 Å². The molecule has 0 spiro atoms. The normalized spacial score (nSPS) is 23.7. The third-order valence-corrected chi connectivity index (χ3v) is 7.03. The maximum atomic E-state index is 13.3. The average Bonchev–Trinajstić information content (AvgIpc) is 3.30. The van der Waals surface area contributed by atoms with Crippen LogP contribution in [0.5, 0.6) is 5.75 Å². The monoisotopic (exact) mass is 556 g/mol. The molecule has 0 radical (unpaired) electrons. The molecule has 7 nitrogen and oxygen atoms in total. The minimum absolute atomic E-state index is 0.00833. The summed E-state index contributed by atoms with van der Waals surface area (Å²) in [5.41, 5.74) is 0.462. The van der Waals surface area contributed by atoms with Crippen molar-refractivity contribution in [3.05, 3.63) is 39.5 Å². The summed E-state index contributed by atoms with van der Waals surface area (Å²) in [5, 5.41) is 23.2. The van der Waals surface area contributed by atoms with Gasteiger partial charge >= 0.3 is 0 Å². The highest BCUT2D eigenvalue weighted by Gasteiger charge is 2.43. The molecule has 1 fully saturated rings. The second kappa shape index (κ2) is 11.5. The fourth-order valence-corrected chi connectivity index (χ4v) is 5.04. The lowest BCUT2D eigenvalue weighted by Gasteiger charge is -2.44. The lowest BCUT2D eigenvalue weighted by molar-refractivity contribution is -0.145. The molecule has 3 N–H and O–H groups in total. The summed E-state index contributed by atoms with van der Waals surface area (Å²) in [6.45, 7) is 3.71. The summed E-state index contributed by atoms with van der Waals surface area (Å²) in [5.74, 6) is 0.0864. The van der Waals surface area contributed by atoms with E-state index in [0.717, 1.165) is 29.3 Å². The van der Waals surface area contributed by atoms with E-state index in [2.05, 4.69) is 27.9 Å². The third-order valence-electron chi connectivity index (χ3n) is 6.14. The minimum atomic E-state index is -0.969. The summed E-state index contributed by atoms with van der Waals surface area (Å²) in [6, 6.07) is 7.00. The molecule has 2 amide bonds. The van der Waals surface area contributed by atoms with E-state index in [1.165, 1.54) is 0 Å². The zero-order valence-corrected chi connectivity index (χ0v) is 20.8. The van der Waals surface area contributed by atoms with E-state index in [1.54, 1.807) is 6.08 Å². The zero-order valence-electron chi connectivity index (χ0n) is 18.7. The van der Waals surface area contributed by atoms with Gasteiger partial charge in [0.2, 0.25) is 11.8 Å². The van der Waals surface area contributed by atoms with Crippen molar-refractivity contribution in [2.45, 2.75) is 70.2 Å². The van der Waals surface area contributed by atoms with Crippen molar-refractivity contribution in [1.82, 2.24) is 10.2 Å². The number of amides is 2. The van der Waals surface area contributed by atoms with Crippen molar-refractivity contribution in [2.75, 3.05) is 13.2 Å². The summed E-state index contributed by atoms with van der Waals surface area (Å²) < 4.78 is 7.06. The van der Waals surface area contributed by atoms with Gasteiger partial charge in [-0.2, -0.15) is 0 Å². The van der Waals surface area contributed by atoms with Crippen LogP contribution in [-0.4, -0.2) is 64.4 Å². The first-order chi connectivity index (χ1) is 15.3. The standard InChI is InChI=1S/C24H33IN2O5/c1-15(2)24(31)27(17-7-3-4-8-17)19-13-16(23(30)26-11-12-28)14-21(22(19)29)32-20-10-6-5-9-18(20)25/h5-6,9-10,14-15,17,19,21-22,28-29H,3-4,7-8,11-13H2,1-2H3,(H,26,30). The zero-order chi connectivity index (χ0) is 23.3.